The van der Waals surface area contributed by atoms with Gasteiger partial charge in [0.25, 0.3) is 0 Å². The minimum Gasteiger partial charge on any atom is -0.383 e. The van der Waals surface area contributed by atoms with Crippen molar-refractivity contribution < 1.29 is 4.74 Å². The summed E-state index contributed by atoms with van der Waals surface area (Å²) in [4.78, 5) is 4.28. The highest BCUT2D eigenvalue weighted by atomic mass is 79.9. The van der Waals surface area contributed by atoms with Crippen molar-refractivity contribution in [3.05, 3.63) is 22.8 Å². The molecule has 0 aliphatic heterocycles. The van der Waals surface area contributed by atoms with Crippen LogP contribution in [0.4, 0.5) is 0 Å². The Kier molecular flexibility index (Phi) is 7.00. The van der Waals surface area contributed by atoms with Gasteiger partial charge in [0.15, 0.2) is 0 Å². The van der Waals surface area contributed by atoms with E-state index < -0.39 is 0 Å². The molecule has 0 aliphatic carbocycles. The smallest absolute Gasteiger partial charge is 0.110 e. The number of thioether (sulfide) groups is 1. The first kappa shape index (κ1) is 13.0. The van der Waals surface area contributed by atoms with Crippen molar-refractivity contribution in [2.45, 2.75) is 5.03 Å². The zero-order valence-corrected chi connectivity index (χ0v) is 11.1. The molecule has 1 rings (SSSR count). The van der Waals surface area contributed by atoms with Crippen molar-refractivity contribution in [2.75, 3.05) is 32.6 Å². The lowest BCUT2D eigenvalue weighted by atomic mass is 10.5. The fourth-order valence-corrected chi connectivity index (χ4v) is 2.38. The van der Waals surface area contributed by atoms with E-state index in [9.17, 15) is 0 Å². The molecule has 5 heteroatoms. The van der Waals surface area contributed by atoms with E-state index in [0.29, 0.717) is 0 Å². The lowest BCUT2D eigenvalue weighted by Gasteiger charge is -2.04. The largest absolute Gasteiger partial charge is 0.383 e. The molecule has 0 spiro atoms. The molecule has 0 unspecified atom stereocenters. The van der Waals surface area contributed by atoms with Crippen LogP contribution < -0.4 is 5.32 Å². The Hall–Kier alpha value is -0.100. The van der Waals surface area contributed by atoms with Crippen molar-refractivity contribution in [2.24, 2.45) is 0 Å². The SMILES string of the molecule is COCCNCCSc1ncccc1Br. The molecule has 0 saturated heterocycles. The second-order valence-corrected chi connectivity index (χ2v) is 4.82. The van der Waals surface area contributed by atoms with Gasteiger partial charge >= 0.3 is 0 Å². The summed E-state index contributed by atoms with van der Waals surface area (Å²) < 4.78 is 6.00. The molecule has 1 heterocycles. The van der Waals surface area contributed by atoms with Gasteiger partial charge in [-0.1, -0.05) is 0 Å². The van der Waals surface area contributed by atoms with Crippen molar-refractivity contribution in [3.63, 3.8) is 0 Å². The summed E-state index contributed by atoms with van der Waals surface area (Å²) in [5.41, 5.74) is 0. The summed E-state index contributed by atoms with van der Waals surface area (Å²) >= 11 is 5.21. The number of aromatic nitrogens is 1. The molecule has 0 aromatic carbocycles. The minimum absolute atomic E-state index is 0.762. The average Bonchev–Trinajstić information content (AvgIpc) is 2.25. The van der Waals surface area contributed by atoms with Crippen molar-refractivity contribution >= 4 is 27.7 Å². The monoisotopic (exact) mass is 290 g/mol. The maximum atomic E-state index is 4.94. The fraction of sp³-hybridized carbons (Fsp3) is 0.500. The predicted octanol–water partition coefficient (Wildman–Crippen LogP) is 2.17. The van der Waals surface area contributed by atoms with Gasteiger partial charge in [0, 0.05) is 36.6 Å². The van der Waals surface area contributed by atoms with Gasteiger partial charge in [0.1, 0.15) is 5.03 Å². The number of methoxy groups -OCH3 is 1. The van der Waals surface area contributed by atoms with Crippen LogP contribution in [-0.4, -0.2) is 37.5 Å². The molecule has 0 aliphatic rings. The van der Waals surface area contributed by atoms with Gasteiger partial charge in [0.2, 0.25) is 0 Å². The number of halogens is 1. The van der Waals surface area contributed by atoms with E-state index in [0.717, 1.165) is 34.9 Å². The Morgan fingerprint density at radius 1 is 1.53 bits per heavy atom. The molecule has 1 aromatic rings. The lowest BCUT2D eigenvalue weighted by molar-refractivity contribution is 0.200. The first-order valence-electron chi connectivity index (χ1n) is 4.77. The van der Waals surface area contributed by atoms with Gasteiger partial charge in [-0.2, -0.15) is 0 Å². The number of rotatable bonds is 7. The summed E-state index contributed by atoms with van der Waals surface area (Å²) in [5.74, 6) is 1.01. The van der Waals surface area contributed by atoms with E-state index in [1.54, 1.807) is 18.9 Å². The molecule has 84 valence electrons. The molecule has 1 N–H and O–H groups in total. The number of ether oxygens (including phenoxy) is 1. The van der Waals surface area contributed by atoms with Crippen LogP contribution in [0.5, 0.6) is 0 Å². The summed E-state index contributed by atoms with van der Waals surface area (Å²) in [6.45, 7) is 2.63. The molecule has 0 bridgehead atoms. The fourth-order valence-electron chi connectivity index (χ4n) is 0.997. The van der Waals surface area contributed by atoms with Crippen molar-refractivity contribution in [3.8, 4) is 0 Å². The zero-order valence-electron chi connectivity index (χ0n) is 8.70. The van der Waals surface area contributed by atoms with Crippen molar-refractivity contribution in [1.82, 2.24) is 10.3 Å². The van der Waals surface area contributed by atoms with Gasteiger partial charge < -0.3 is 10.1 Å². The molecule has 0 amide bonds. The molecule has 15 heavy (non-hydrogen) atoms. The molecule has 3 nitrogen and oxygen atoms in total. The molecule has 1 aromatic heterocycles. The van der Waals surface area contributed by atoms with Crippen LogP contribution >= 0.6 is 27.7 Å². The number of nitrogens with zero attached hydrogens (tertiary/aromatic N) is 1. The van der Waals surface area contributed by atoms with Crippen LogP contribution in [0.25, 0.3) is 0 Å². The van der Waals surface area contributed by atoms with Gasteiger partial charge in [-0.25, -0.2) is 4.98 Å². The second kappa shape index (κ2) is 8.10. The summed E-state index contributed by atoms with van der Waals surface area (Å²) in [6, 6.07) is 3.93. The molecular formula is C10H15BrN2OS. The van der Waals surface area contributed by atoms with Crippen molar-refractivity contribution in [1.29, 1.82) is 0 Å². The number of pyridine rings is 1. The Bertz CT molecular complexity index is 286. The third-order valence-corrected chi connectivity index (χ3v) is 3.63. The third kappa shape index (κ3) is 5.51. The van der Waals surface area contributed by atoms with Crippen LogP contribution in [-0.2, 0) is 4.74 Å². The summed E-state index contributed by atoms with van der Waals surface area (Å²) in [7, 11) is 1.71. The number of hydrogen-bond donors (Lipinski definition) is 1. The van der Waals surface area contributed by atoms with E-state index >= 15 is 0 Å². The molecule has 0 fully saturated rings. The van der Waals surface area contributed by atoms with Gasteiger partial charge in [-0.3, -0.25) is 0 Å². The van der Waals surface area contributed by atoms with Gasteiger partial charge in [-0.05, 0) is 28.1 Å². The van der Waals surface area contributed by atoms with Crippen LogP contribution in [0.15, 0.2) is 27.8 Å². The molecule has 0 atom stereocenters. The number of nitrogens with one attached hydrogen (secondary N) is 1. The van der Waals surface area contributed by atoms with E-state index in [1.165, 1.54) is 0 Å². The Morgan fingerprint density at radius 2 is 2.40 bits per heavy atom. The minimum atomic E-state index is 0.762. The Balaban J connectivity index is 2.12. The highest BCUT2D eigenvalue weighted by Crippen LogP contribution is 2.23. The van der Waals surface area contributed by atoms with Crippen LogP contribution in [0.2, 0.25) is 0 Å². The van der Waals surface area contributed by atoms with Crippen LogP contribution in [0, 0.1) is 0 Å². The van der Waals surface area contributed by atoms with Crippen LogP contribution in [0.3, 0.4) is 0 Å². The number of hydrogen-bond acceptors (Lipinski definition) is 4. The van der Waals surface area contributed by atoms with Gasteiger partial charge in [0.05, 0.1) is 6.61 Å². The first-order valence-corrected chi connectivity index (χ1v) is 6.55. The Labute approximate surface area is 103 Å². The lowest BCUT2D eigenvalue weighted by Crippen LogP contribution is -2.21. The Morgan fingerprint density at radius 3 is 3.13 bits per heavy atom. The highest BCUT2D eigenvalue weighted by molar-refractivity contribution is 9.10. The third-order valence-electron chi connectivity index (χ3n) is 1.73. The summed E-state index contributed by atoms with van der Waals surface area (Å²) in [5, 5.41) is 4.33. The van der Waals surface area contributed by atoms with Crippen LogP contribution in [0.1, 0.15) is 0 Å². The van der Waals surface area contributed by atoms with Gasteiger partial charge in [-0.15, -0.1) is 11.8 Å². The van der Waals surface area contributed by atoms with E-state index in [-0.39, 0.29) is 0 Å². The topological polar surface area (TPSA) is 34.1 Å². The van der Waals surface area contributed by atoms with E-state index in [4.69, 9.17) is 4.74 Å². The second-order valence-electron chi connectivity index (χ2n) is 2.88. The molecular weight excluding hydrogens is 276 g/mol. The zero-order chi connectivity index (χ0) is 10.9. The quantitative estimate of drug-likeness (QED) is 0.617. The highest BCUT2D eigenvalue weighted by Gasteiger charge is 1.99. The van der Waals surface area contributed by atoms with E-state index in [1.807, 2.05) is 18.3 Å². The van der Waals surface area contributed by atoms with E-state index in [2.05, 4.69) is 26.2 Å². The first-order chi connectivity index (χ1) is 7.34. The summed E-state index contributed by atoms with van der Waals surface area (Å²) in [6.07, 6.45) is 1.81. The molecule has 0 saturated carbocycles. The molecule has 0 radical (unpaired) electrons. The average molecular weight is 291 g/mol. The maximum absolute atomic E-state index is 4.94. The maximum Gasteiger partial charge on any atom is 0.110 e. The normalized spacial score (nSPS) is 10.5. The predicted molar refractivity (Wildman–Crippen MR) is 67.4 cm³/mol. The standard InChI is InChI=1S/C10H15BrN2OS/c1-14-7-5-12-6-8-15-10-9(11)3-2-4-13-10/h2-4,12H,5-8H2,1H3.